The van der Waals surface area contributed by atoms with Crippen molar-refractivity contribution in [2.24, 2.45) is 11.8 Å². The third-order valence-electron chi connectivity index (χ3n) is 7.38. The third kappa shape index (κ3) is 4.43. The number of fused-ring (bicyclic) bond motifs is 1. The zero-order chi connectivity index (χ0) is 22.9. The first-order valence-electron chi connectivity index (χ1n) is 12.1. The number of carbonyl (C=O) groups is 1. The van der Waals surface area contributed by atoms with Crippen molar-refractivity contribution < 1.29 is 4.79 Å². The normalized spacial score (nSPS) is 23.6. The van der Waals surface area contributed by atoms with Crippen molar-refractivity contribution >= 4 is 33.4 Å². The van der Waals surface area contributed by atoms with Crippen molar-refractivity contribution in [2.45, 2.75) is 58.4 Å². The van der Waals surface area contributed by atoms with Crippen LogP contribution in [-0.2, 0) is 4.79 Å². The molecule has 2 fully saturated rings. The van der Waals surface area contributed by atoms with Crippen molar-refractivity contribution in [2.75, 3.05) is 18.0 Å². The summed E-state index contributed by atoms with van der Waals surface area (Å²) in [6.07, 6.45) is 6.52. The van der Waals surface area contributed by atoms with E-state index >= 15 is 0 Å². The topological polar surface area (TPSA) is 78.1 Å². The van der Waals surface area contributed by atoms with Crippen LogP contribution in [0.4, 0.5) is 5.95 Å². The predicted octanol–water partition coefficient (Wildman–Crippen LogP) is 4.87. The smallest absolute Gasteiger partial charge is 0.270 e. The van der Waals surface area contributed by atoms with Gasteiger partial charge < -0.3 is 10.2 Å². The Bertz CT molecular complexity index is 1220. The van der Waals surface area contributed by atoms with Gasteiger partial charge in [0.1, 0.15) is 4.70 Å². The first kappa shape index (κ1) is 22.1. The summed E-state index contributed by atoms with van der Waals surface area (Å²) in [7, 11) is 0. The molecule has 33 heavy (non-hydrogen) atoms. The molecule has 2 aromatic heterocycles. The number of amides is 1. The van der Waals surface area contributed by atoms with Crippen LogP contribution in [0.25, 0.3) is 21.3 Å². The van der Waals surface area contributed by atoms with E-state index in [2.05, 4.69) is 41.2 Å². The molecule has 0 radical (unpaired) electrons. The number of aromatic amines is 1. The highest BCUT2D eigenvalue weighted by molar-refractivity contribution is 7.17. The Morgan fingerprint density at radius 2 is 1.97 bits per heavy atom. The first-order chi connectivity index (χ1) is 16.0. The number of hydrogen-bond donors (Lipinski definition) is 2. The van der Waals surface area contributed by atoms with Crippen molar-refractivity contribution in [3.63, 3.8) is 0 Å². The minimum absolute atomic E-state index is 0.0767. The molecule has 1 amide bonds. The van der Waals surface area contributed by atoms with Crippen LogP contribution in [0.2, 0.25) is 0 Å². The molecule has 0 unspecified atom stereocenters. The second-order valence-electron chi connectivity index (χ2n) is 9.69. The SMILES string of the molecule is Cc1ccccc1-c1csc2c(=O)[nH]c(N3CCC[C@H](C(=O)N[C@@H]4CCCC[C@H]4C)C3)nc12. The Kier molecular flexibility index (Phi) is 6.23. The molecule has 174 valence electrons. The highest BCUT2D eigenvalue weighted by atomic mass is 32.1. The minimum atomic E-state index is -0.109. The molecule has 6 nitrogen and oxygen atoms in total. The lowest BCUT2D eigenvalue weighted by atomic mass is 9.85. The number of hydrogen-bond acceptors (Lipinski definition) is 5. The number of aromatic nitrogens is 2. The molecule has 1 aliphatic carbocycles. The molecule has 0 bridgehead atoms. The Balaban J connectivity index is 1.39. The second kappa shape index (κ2) is 9.29. The molecule has 1 saturated carbocycles. The molecule has 3 heterocycles. The second-order valence-corrected chi connectivity index (χ2v) is 10.6. The largest absolute Gasteiger partial charge is 0.353 e. The molecule has 2 N–H and O–H groups in total. The number of piperidine rings is 1. The number of H-pyrrole nitrogens is 1. The molecule has 1 aromatic carbocycles. The van der Waals surface area contributed by atoms with Gasteiger partial charge in [0.25, 0.3) is 5.56 Å². The molecule has 5 rings (SSSR count). The zero-order valence-corrected chi connectivity index (χ0v) is 20.2. The number of anilines is 1. The third-order valence-corrected chi connectivity index (χ3v) is 8.35. The van der Waals surface area contributed by atoms with E-state index in [0.29, 0.717) is 29.2 Å². The molecule has 7 heteroatoms. The van der Waals surface area contributed by atoms with Crippen LogP contribution in [-0.4, -0.2) is 35.0 Å². The molecular weight excluding hydrogens is 432 g/mol. The van der Waals surface area contributed by atoms with Crippen LogP contribution in [0.5, 0.6) is 0 Å². The van der Waals surface area contributed by atoms with Crippen LogP contribution in [0.15, 0.2) is 34.4 Å². The Morgan fingerprint density at radius 1 is 1.15 bits per heavy atom. The van der Waals surface area contributed by atoms with Crippen molar-refractivity contribution in [1.82, 2.24) is 15.3 Å². The summed E-state index contributed by atoms with van der Waals surface area (Å²) in [5.74, 6) is 1.19. The van der Waals surface area contributed by atoms with Gasteiger partial charge in [0.05, 0.1) is 11.4 Å². The maximum absolute atomic E-state index is 13.1. The van der Waals surface area contributed by atoms with E-state index in [9.17, 15) is 9.59 Å². The minimum Gasteiger partial charge on any atom is -0.353 e. The number of aryl methyl sites for hydroxylation is 1. The summed E-state index contributed by atoms with van der Waals surface area (Å²) < 4.78 is 0.648. The molecule has 1 saturated heterocycles. The summed E-state index contributed by atoms with van der Waals surface area (Å²) >= 11 is 1.44. The van der Waals surface area contributed by atoms with Crippen molar-refractivity contribution in [1.29, 1.82) is 0 Å². The van der Waals surface area contributed by atoms with E-state index in [1.807, 2.05) is 17.5 Å². The van der Waals surface area contributed by atoms with E-state index in [1.54, 1.807) is 0 Å². The number of nitrogens with one attached hydrogen (secondary N) is 2. The van der Waals surface area contributed by atoms with Gasteiger partial charge in [-0.25, -0.2) is 4.98 Å². The van der Waals surface area contributed by atoms with E-state index in [0.717, 1.165) is 48.0 Å². The summed E-state index contributed by atoms with van der Waals surface area (Å²) in [5.41, 5.74) is 3.90. The highest BCUT2D eigenvalue weighted by Gasteiger charge is 2.30. The summed E-state index contributed by atoms with van der Waals surface area (Å²) in [6.45, 7) is 5.70. The van der Waals surface area contributed by atoms with Gasteiger partial charge in [-0.15, -0.1) is 11.3 Å². The van der Waals surface area contributed by atoms with Crippen molar-refractivity contribution in [3.8, 4) is 11.1 Å². The average Bonchev–Trinajstić information content (AvgIpc) is 3.25. The van der Waals surface area contributed by atoms with Gasteiger partial charge in [-0.05, 0) is 49.7 Å². The fourth-order valence-electron chi connectivity index (χ4n) is 5.35. The van der Waals surface area contributed by atoms with Gasteiger partial charge in [-0.1, -0.05) is 44.0 Å². The zero-order valence-electron chi connectivity index (χ0n) is 19.4. The maximum Gasteiger partial charge on any atom is 0.270 e. The van der Waals surface area contributed by atoms with E-state index < -0.39 is 0 Å². The lowest BCUT2D eigenvalue weighted by Gasteiger charge is -2.35. The van der Waals surface area contributed by atoms with Gasteiger partial charge >= 0.3 is 0 Å². The monoisotopic (exact) mass is 464 g/mol. The van der Waals surface area contributed by atoms with Crippen LogP contribution in [0.1, 0.15) is 51.0 Å². The van der Waals surface area contributed by atoms with Gasteiger partial charge in [-0.3, -0.25) is 14.6 Å². The Hall–Kier alpha value is -2.67. The fraction of sp³-hybridized carbons (Fsp3) is 0.500. The lowest BCUT2D eigenvalue weighted by Crippen LogP contribution is -2.48. The van der Waals surface area contributed by atoms with E-state index in [-0.39, 0.29) is 17.4 Å². The number of rotatable bonds is 4. The molecule has 2 aliphatic rings. The molecule has 3 aromatic rings. The average molecular weight is 465 g/mol. The van der Waals surface area contributed by atoms with Gasteiger partial charge in [0.15, 0.2) is 0 Å². The van der Waals surface area contributed by atoms with Crippen LogP contribution < -0.4 is 15.8 Å². The summed E-state index contributed by atoms with van der Waals surface area (Å²) in [6, 6.07) is 8.48. The van der Waals surface area contributed by atoms with Gasteiger partial charge in [0.2, 0.25) is 11.9 Å². The Morgan fingerprint density at radius 3 is 2.79 bits per heavy atom. The van der Waals surface area contributed by atoms with Crippen LogP contribution in [0.3, 0.4) is 0 Å². The molecular formula is C26H32N4O2S. The number of nitrogens with zero attached hydrogens (tertiary/aromatic N) is 2. The highest BCUT2D eigenvalue weighted by Crippen LogP contribution is 2.34. The quantitative estimate of drug-likeness (QED) is 0.577. The summed E-state index contributed by atoms with van der Waals surface area (Å²) in [5, 5.41) is 5.35. The number of carbonyl (C=O) groups excluding carboxylic acids is 1. The lowest BCUT2D eigenvalue weighted by molar-refractivity contribution is -0.126. The van der Waals surface area contributed by atoms with Gasteiger partial charge in [-0.2, -0.15) is 0 Å². The van der Waals surface area contributed by atoms with Crippen LogP contribution in [0, 0.1) is 18.8 Å². The van der Waals surface area contributed by atoms with E-state index in [4.69, 9.17) is 4.98 Å². The van der Waals surface area contributed by atoms with Crippen LogP contribution >= 0.6 is 11.3 Å². The predicted molar refractivity (Wildman–Crippen MR) is 135 cm³/mol. The van der Waals surface area contributed by atoms with Crippen molar-refractivity contribution in [3.05, 3.63) is 45.6 Å². The Labute approximate surface area is 198 Å². The molecule has 1 aliphatic heterocycles. The van der Waals surface area contributed by atoms with Gasteiger partial charge in [0, 0.05) is 30.1 Å². The maximum atomic E-state index is 13.1. The number of benzene rings is 1. The standard InChI is InChI=1S/C26H32N4O2S/c1-16-8-3-5-11-19(16)20-15-33-23-22(20)28-26(29-25(23)32)30-13-7-10-18(14-30)24(31)27-21-12-6-4-9-17(21)2/h3,5,8,11,15,17-18,21H,4,6-7,9-10,12-14H2,1-2H3,(H,27,31)(H,28,29,32)/t17-,18+,21-/m1/s1. The summed E-state index contributed by atoms with van der Waals surface area (Å²) in [4.78, 5) is 35.9. The first-order valence-corrected chi connectivity index (χ1v) is 13.0. The molecule has 3 atom stereocenters. The van der Waals surface area contributed by atoms with E-state index in [1.165, 1.54) is 30.6 Å². The molecule has 0 spiro atoms. The fourth-order valence-corrected chi connectivity index (χ4v) is 6.25. The number of thiophene rings is 1.